The second-order valence-electron chi connectivity index (χ2n) is 7.26. The number of amides is 1. The zero-order valence-corrected chi connectivity index (χ0v) is 16.2. The first-order valence-electron chi connectivity index (χ1n) is 9.35. The molecule has 1 amide bonds. The number of aromatic nitrogens is 3. The van der Waals surface area contributed by atoms with Crippen molar-refractivity contribution < 1.29 is 4.79 Å². The quantitative estimate of drug-likeness (QED) is 0.543. The molecule has 0 spiro atoms. The number of anilines is 1. The summed E-state index contributed by atoms with van der Waals surface area (Å²) < 4.78 is 0. The third kappa shape index (κ3) is 3.64. The molecule has 0 unspecified atom stereocenters. The molecule has 4 aromatic rings. The molecule has 5 heteroatoms. The average Bonchev–Trinajstić information content (AvgIpc) is 3.11. The monoisotopic (exact) mass is 370 g/mol. The number of hydrogen-bond acceptors (Lipinski definition) is 3. The Hall–Kier alpha value is -3.47. The molecule has 140 valence electrons. The van der Waals surface area contributed by atoms with E-state index in [1.807, 2.05) is 55.5 Å². The highest BCUT2D eigenvalue weighted by atomic mass is 16.1. The number of carbonyl (C=O) groups is 1. The SMILES string of the molecule is Cc1cccc(C(=O)Nc2ccc3nn(-c4ccc(C(C)C)cc4)nc3c2)c1. The molecule has 0 aliphatic rings. The van der Waals surface area contributed by atoms with Crippen molar-refractivity contribution in [1.29, 1.82) is 0 Å². The third-order valence-electron chi connectivity index (χ3n) is 4.71. The van der Waals surface area contributed by atoms with Gasteiger partial charge in [-0.15, -0.1) is 10.2 Å². The van der Waals surface area contributed by atoms with E-state index >= 15 is 0 Å². The van der Waals surface area contributed by atoms with Gasteiger partial charge in [-0.05, 0) is 60.9 Å². The molecule has 0 saturated heterocycles. The van der Waals surface area contributed by atoms with E-state index in [-0.39, 0.29) is 5.91 Å². The van der Waals surface area contributed by atoms with Crippen molar-refractivity contribution in [3.05, 3.63) is 83.4 Å². The van der Waals surface area contributed by atoms with Crippen LogP contribution in [0, 0.1) is 6.92 Å². The Labute approximate surface area is 164 Å². The van der Waals surface area contributed by atoms with E-state index in [1.165, 1.54) is 5.56 Å². The molecule has 0 bridgehead atoms. The normalized spacial score (nSPS) is 11.1. The summed E-state index contributed by atoms with van der Waals surface area (Å²) in [7, 11) is 0. The van der Waals surface area contributed by atoms with Crippen LogP contribution in [0.4, 0.5) is 5.69 Å². The van der Waals surface area contributed by atoms with E-state index in [4.69, 9.17) is 0 Å². The van der Waals surface area contributed by atoms with Crippen LogP contribution < -0.4 is 5.32 Å². The molecule has 0 saturated carbocycles. The van der Waals surface area contributed by atoms with Crippen LogP contribution in [-0.2, 0) is 0 Å². The number of carbonyl (C=O) groups excluding carboxylic acids is 1. The molecule has 3 aromatic carbocycles. The zero-order valence-electron chi connectivity index (χ0n) is 16.2. The summed E-state index contributed by atoms with van der Waals surface area (Å²) in [5.74, 6) is 0.345. The highest BCUT2D eigenvalue weighted by molar-refractivity contribution is 6.05. The number of hydrogen-bond donors (Lipinski definition) is 1. The maximum Gasteiger partial charge on any atom is 0.255 e. The van der Waals surface area contributed by atoms with Crippen LogP contribution in [0.15, 0.2) is 66.7 Å². The van der Waals surface area contributed by atoms with Crippen molar-refractivity contribution in [2.45, 2.75) is 26.7 Å². The van der Waals surface area contributed by atoms with Gasteiger partial charge >= 0.3 is 0 Å². The lowest BCUT2D eigenvalue weighted by Crippen LogP contribution is -2.11. The lowest BCUT2D eigenvalue weighted by Gasteiger charge is -2.05. The zero-order chi connectivity index (χ0) is 19.7. The standard InChI is InChI=1S/C23H22N4O/c1-15(2)17-7-10-20(11-8-17)27-25-21-12-9-19(14-22(21)26-27)24-23(28)18-6-4-5-16(3)13-18/h4-15H,1-3H3,(H,24,28). The highest BCUT2D eigenvalue weighted by Crippen LogP contribution is 2.20. The van der Waals surface area contributed by atoms with Crippen LogP contribution in [0.2, 0.25) is 0 Å². The van der Waals surface area contributed by atoms with E-state index in [2.05, 4.69) is 41.5 Å². The maximum absolute atomic E-state index is 12.5. The number of nitrogens with zero attached hydrogens (tertiary/aromatic N) is 3. The van der Waals surface area contributed by atoms with E-state index in [9.17, 15) is 4.79 Å². The fourth-order valence-electron chi connectivity index (χ4n) is 3.09. The fourth-order valence-corrected chi connectivity index (χ4v) is 3.09. The van der Waals surface area contributed by atoms with Crippen molar-refractivity contribution in [2.24, 2.45) is 0 Å². The molecule has 0 aliphatic heterocycles. The van der Waals surface area contributed by atoms with Gasteiger partial charge in [0.2, 0.25) is 0 Å². The highest BCUT2D eigenvalue weighted by Gasteiger charge is 2.10. The van der Waals surface area contributed by atoms with Crippen LogP contribution in [-0.4, -0.2) is 20.9 Å². The summed E-state index contributed by atoms with van der Waals surface area (Å²) in [5.41, 5.74) is 6.08. The summed E-state index contributed by atoms with van der Waals surface area (Å²) in [4.78, 5) is 14.1. The number of rotatable bonds is 4. The Morgan fingerprint density at radius 3 is 2.39 bits per heavy atom. The van der Waals surface area contributed by atoms with Gasteiger partial charge in [0.05, 0.1) is 5.69 Å². The molecular weight excluding hydrogens is 348 g/mol. The Morgan fingerprint density at radius 2 is 1.68 bits per heavy atom. The Bertz CT molecular complexity index is 1140. The summed E-state index contributed by atoms with van der Waals surface area (Å²) in [6, 6.07) is 21.3. The minimum Gasteiger partial charge on any atom is -0.322 e. The van der Waals surface area contributed by atoms with Crippen molar-refractivity contribution in [3.8, 4) is 5.69 Å². The van der Waals surface area contributed by atoms with Crippen LogP contribution in [0.3, 0.4) is 0 Å². The summed E-state index contributed by atoms with van der Waals surface area (Å²) >= 11 is 0. The van der Waals surface area contributed by atoms with Gasteiger partial charge in [-0.1, -0.05) is 43.7 Å². The topological polar surface area (TPSA) is 59.8 Å². The van der Waals surface area contributed by atoms with Gasteiger partial charge in [0.1, 0.15) is 11.0 Å². The molecule has 5 nitrogen and oxygen atoms in total. The lowest BCUT2D eigenvalue weighted by atomic mass is 10.0. The van der Waals surface area contributed by atoms with Gasteiger partial charge < -0.3 is 5.32 Å². The largest absolute Gasteiger partial charge is 0.322 e. The molecule has 1 N–H and O–H groups in total. The van der Waals surface area contributed by atoms with E-state index < -0.39 is 0 Å². The molecule has 0 radical (unpaired) electrons. The second-order valence-corrected chi connectivity index (χ2v) is 7.26. The molecular formula is C23H22N4O. The molecule has 4 rings (SSSR count). The minimum absolute atomic E-state index is 0.139. The number of nitrogens with one attached hydrogen (secondary N) is 1. The minimum atomic E-state index is -0.139. The van der Waals surface area contributed by atoms with Crippen molar-refractivity contribution in [1.82, 2.24) is 15.0 Å². The first kappa shape index (κ1) is 17.9. The Morgan fingerprint density at radius 1 is 0.929 bits per heavy atom. The fraction of sp³-hybridized carbons (Fsp3) is 0.174. The van der Waals surface area contributed by atoms with Gasteiger partial charge in [-0.3, -0.25) is 4.79 Å². The molecule has 28 heavy (non-hydrogen) atoms. The van der Waals surface area contributed by atoms with Crippen LogP contribution in [0.5, 0.6) is 0 Å². The van der Waals surface area contributed by atoms with E-state index in [0.717, 1.165) is 22.3 Å². The third-order valence-corrected chi connectivity index (χ3v) is 4.71. The van der Waals surface area contributed by atoms with Crippen LogP contribution in [0.25, 0.3) is 16.7 Å². The number of aryl methyl sites for hydroxylation is 1. The van der Waals surface area contributed by atoms with Gasteiger partial charge in [-0.2, -0.15) is 4.80 Å². The molecule has 0 aliphatic carbocycles. The van der Waals surface area contributed by atoms with Crippen molar-refractivity contribution in [3.63, 3.8) is 0 Å². The lowest BCUT2D eigenvalue weighted by molar-refractivity contribution is 0.102. The Kier molecular flexibility index (Phi) is 4.65. The van der Waals surface area contributed by atoms with Crippen molar-refractivity contribution >= 4 is 22.6 Å². The van der Waals surface area contributed by atoms with Crippen LogP contribution in [0.1, 0.15) is 41.3 Å². The smallest absolute Gasteiger partial charge is 0.255 e. The first-order chi connectivity index (χ1) is 13.5. The first-order valence-corrected chi connectivity index (χ1v) is 9.35. The maximum atomic E-state index is 12.5. The van der Waals surface area contributed by atoms with Crippen molar-refractivity contribution in [2.75, 3.05) is 5.32 Å². The van der Waals surface area contributed by atoms with Gasteiger partial charge in [0.25, 0.3) is 5.91 Å². The van der Waals surface area contributed by atoms with E-state index in [0.29, 0.717) is 17.2 Å². The average molecular weight is 370 g/mol. The van der Waals surface area contributed by atoms with Gasteiger partial charge in [0, 0.05) is 11.3 Å². The summed E-state index contributed by atoms with van der Waals surface area (Å²) in [6.45, 7) is 6.30. The van der Waals surface area contributed by atoms with Crippen LogP contribution >= 0.6 is 0 Å². The molecule has 0 fully saturated rings. The van der Waals surface area contributed by atoms with E-state index in [1.54, 1.807) is 10.9 Å². The molecule has 0 atom stereocenters. The number of fused-ring (bicyclic) bond motifs is 1. The Balaban J connectivity index is 1.58. The number of benzene rings is 3. The summed E-state index contributed by atoms with van der Waals surface area (Å²) in [5, 5.41) is 12.0. The van der Waals surface area contributed by atoms with Gasteiger partial charge in [-0.25, -0.2) is 0 Å². The predicted molar refractivity (Wildman–Crippen MR) is 112 cm³/mol. The summed E-state index contributed by atoms with van der Waals surface area (Å²) in [6.07, 6.45) is 0. The molecule has 1 heterocycles. The predicted octanol–water partition coefficient (Wildman–Crippen LogP) is 5.10. The van der Waals surface area contributed by atoms with Gasteiger partial charge in [0.15, 0.2) is 0 Å². The second kappa shape index (κ2) is 7.27. The molecule has 1 aromatic heterocycles.